The van der Waals surface area contributed by atoms with Crippen molar-refractivity contribution in [1.29, 1.82) is 0 Å². The standard InChI is InChI=1S/C14H22N2O2/c1-14(2,3)18-13(17)16-12(10-15-4)11-8-6-5-7-9-11/h5-9,12,15H,10H2,1-4H3,(H,16,17)/t12-/m1/s1. The van der Waals surface area contributed by atoms with Crippen molar-refractivity contribution in [2.24, 2.45) is 0 Å². The summed E-state index contributed by atoms with van der Waals surface area (Å²) in [4.78, 5) is 11.8. The van der Waals surface area contributed by atoms with Crippen LogP contribution < -0.4 is 10.6 Å². The number of hydrogen-bond acceptors (Lipinski definition) is 3. The van der Waals surface area contributed by atoms with E-state index in [1.165, 1.54) is 0 Å². The second-order valence-electron chi connectivity index (χ2n) is 5.17. The van der Waals surface area contributed by atoms with Gasteiger partial charge in [0.2, 0.25) is 0 Å². The fourth-order valence-corrected chi connectivity index (χ4v) is 1.59. The molecule has 0 spiro atoms. The maximum atomic E-state index is 11.8. The number of nitrogens with one attached hydrogen (secondary N) is 2. The third-order valence-electron chi connectivity index (χ3n) is 2.30. The van der Waals surface area contributed by atoms with Gasteiger partial charge in [-0.1, -0.05) is 30.3 Å². The second kappa shape index (κ2) is 6.40. The molecular weight excluding hydrogens is 228 g/mol. The predicted molar refractivity (Wildman–Crippen MR) is 72.5 cm³/mol. The fourth-order valence-electron chi connectivity index (χ4n) is 1.59. The lowest BCUT2D eigenvalue weighted by atomic mass is 10.1. The Kier molecular flexibility index (Phi) is 5.16. The van der Waals surface area contributed by atoms with Crippen molar-refractivity contribution in [3.8, 4) is 0 Å². The van der Waals surface area contributed by atoms with Crippen LogP contribution in [0.1, 0.15) is 32.4 Å². The number of rotatable bonds is 4. The van der Waals surface area contributed by atoms with Crippen LogP contribution in [0, 0.1) is 0 Å². The van der Waals surface area contributed by atoms with Crippen LogP contribution in [0.25, 0.3) is 0 Å². The molecule has 0 heterocycles. The van der Waals surface area contributed by atoms with Crippen molar-refractivity contribution >= 4 is 6.09 Å². The van der Waals surface area contributed by atoms with Crippen molar-refractivity contribution in [3.63, 3.8) is 0 Å². The summed E-state index contributed by atoms with van der Waals surface area (Å²) < 4.78 is 5.26. The molecule has 0 fully saturated rings. The molecule has 1 amide bonds. The first-order chi connectivity index (χ1) is 8.42. The van der Waals surface area contributed by atoms with Gasteiger partial charge in [0, 0.05) is 6.54 Å². The minimum absolute atomic E-state index is 0.0916. The molecule has 0 bridgehead atoms. The maximum absolute atomic E-state index is 11.8. The highest BCUT2D eigenvalue weighted by Gasteiger charge is 2.19. The minimum Gasteiger partial charge on any atom is -0.444 e. The minimum atomic E-state index is -0.481. The highest BCUT2D eigenvalue weighted by molar-refractivity contribution is 5.68. The molecule has 1 aromatic rings. The van der Waals surface area contributed by atoms with Crippen molar-refractivity contribution in [2.45, 2.75) is 32.4 Å². The van der Waals surface area contributed by atoms with Gasteiger partial charge in [-0.3, -0.25) is 0 Å². The number of amides is 1. The molecule has 0 saturated carbocycles. The maximum Gasteiger partial charge on any atom is 0.408 e. The second-order valence-corrected chi connectivity index (χ2v) is 5.17. The van der Waals surface area contributed by atoms with Crippen molar-refractivity contribution < 1.29 is 9.53 Å². The summed E-state index contributed by atoms with van der Waals surface area (Å²) in [5.74, 6) is 0. The first-order valence-electron chi connectivity index (χ1n) is 6.11. The highest BCUT2D eigenvalue weighted by Crippen LogP contribution is 2.13. The van der Waals surface area contributed by atoms with E-state index in [1.807, 2.05) is 58.2 Å². The average molecular weight is 250 g/mol. The van der Waals surface area contributed by atoms with Crippen LogP contribution >= 0.6 is 0 Å². The number of carbonyl (C=O) groups is 1. The molecular formula is C14H22N2O2. The number of ether oxygens (including phenoxy) is 1. The monoisotopic (exact) mass is 250 g/mol. The van der Waals surface area contributed by atoms with Crippen LogP contribution in [-0.4, -0.2) is 25.3 Å². The van der Waals surface area contributed by atoms with Gasteiger partial charge in [0.25, 0.3) is 0 Å². The molecule has 2 N–H and O–H groups in total. The molecule has 0 aliphatic carbocycles. The molecule has 0 aliphatic rings. The summed E-state index contributed by atoms with van der Waals surface area (Å²) in [5, 5.41) is 5.93. The Morgan fingerprint density at radius 3 is 2.39 bits per heavy atom. The van der Waals surface area contributed by atoms with Crippen LogP contribution in [-0.2, 0) is 4.74 Å². The van der Waals surface area contributed by atoms with Gasteiger partial charge in [-0.2, -0.15) is 0 Å². The zero-order valence-electron chi connectivity index (χ0n) is 11.5. The Morgan fingerprint density at radius 2 is 1.89 bits per heavy atom. The first-order valence-corrected chi connectivity index (χ1v) is 6.11. The van der Waals surface area contributed by atoms with Gasteiger partial charge in [0.1, 0.15) is 5.60 Å². The Morgan fingerprint density at radius 1 is 1.28 bits per heavy atom. The molecule has 100 valence electrons. The molecule has 0 saturated heterocycles. The van der Waals surface area contributed by atoms with E-state index in [0.29, 0.717) is 6.54 Å². The molecule has 1 aromatic carbocycles. The van der Waals surface area contributed by atoms with E-state index in [1.54, 1.807) is 0 Å². The van der Waals surface area contributed by atoms with E-state index in [2.05, 4.69) is 10.6 Å². The van der Waals surface area contributed by atoms with Gasteiger partial charge < -0.3 is 15.4 Å². The van der Waals surface area contributed by atoms with E-state index in [0.717, 1.165) is 5.56 Å². The van der Waals surface area contributed by atoms with Crippen LogP contribution in [0.4, 0.5) is 4.79 Å². The third-order valence-corrected chi connectivity index (χ3v) is 2.30. The summed E-state index contributed by atoms with van der Waals surface area (Å²) in [5.41, 5.74) is 0.572. The van der Waals surface area contributed by atoms with E-state index in [4.69, 9.17) is 4.74 Å². The van der Waals surface area contributed by atoms with Crippen LogP contribution in [0.15, 0.2) is 30.3 Å². The van der Waals surface area contributed by atoms with Crippen molar-refractivity contribution in [1.82, 2.24) is 10.6 Å². The summed E-state index contributed by atoms with van der Waals surface area (Å²) in [6.45, 7) is 6.20. The zero-order chi connectivity index (χ0) is 13.6. The molecule has 0 radical (unpaired) electrons. The molecule has 0 aliphatic heterocycles. The van der Waals surface area contributed by atoms with E-state index in [9.17, 15) is 4.79 Å². The Bertz CT molecular complexity index is 371. The number of benzene rings is 1. The lowest BCUT2D eigenvalue weighted by Gasteiger charge is -2.23. The first kappa shape index (κ1) is 14.5. The van der Waals surface area contributed by atoms with Gasteiger partial charge in [0.05, 0.1) is 6.04 Å². The van der Waals surface area contributed by atoms with Crippen molar-refractivity contribution in [3.05, 3.63) is 35.9 Å². The van der Waals surface area contributed by atoms with Crippen LogP contribution in [0.2, 0.25) is 0 Å². The topological polar surface area (TPSA) is 50.4 Å². The number of hydrogen-bond donors (Lipinski definition) is 2. The summed E-state index contributed by atoms with van der Waals surface area (Å²) >= 11 is 0. The zero-order valence-corrected chi connectivity index (χ0v) is 11.5. The molecule has 1 atom stereocenters. The predicted octanol–water partition coefficient (Wildman–Crippen LogP) is 2.47. The largest absolute Gasteiger partial charge is 0.444 e. The van der Waals surface area contributed by atoms with E-state index in [-0.39, 0.29) is 6.04 Å². The van der Waals surface area contributed by atoms with Crippen LogP contribution in [0.3, 0.4) is 0 Å². The molecule has 4 heteroatoms. The number of likely N-dealkylation sites (N-methyl/N-ethyl adjacent to an activating group) is 1. The summed E-state index contributed by atoms with van der Waals surface area (Å²) in [6, 6.07) is 9.74. The van der Waals surface area contributed by atoms with Gasteiger partial charge >= 0.3 is 6.09 Å². The smallest absolute Gasteiger partial charge is 0.408 e. The molecule has 0 aromatic heterocycles. The normalized spacial score (nSPS) is 12.9. The average Bonchev–Trinajstić information content (AvgIpc) is 2.27. The molecule has 1 rings (SSSR count). The molecule has 18 heavy (non-hydrogen) atoms. The molecule has 4 nitrogen and oxygen atoms in total. The van der Waals surface area contributed by atoms with Crippen molar-refractivity contribution in [2.75, 3.05) is 13.6 Å². The fraction of sp³-hybridized carbons (Fsp3) is 0.500. The molecule has 0 unspecified atom stereocenters. The van der Waals surface area contributed by atoms with Gasteiger partial charge in [-0.15, -0.1) is 0 Å². The van der Waals surface area contributed by atoms with E-state index >= 15 is 0 Å². The van der Waals surface area contributed by atoms with Gasteiger partial charge in [0.15, 0.2) is 0 Å². The highest BCUT2D eigenvalue weighted by atomic mass is 16.6. The third kappa shape index (κ3) is 5.19. The van der Waals surface area contributed by atoms with Crippen LogP contribution in [0.5, 0.6) is 0 Å². The Balaban J connectivity index is 2.67. The van der Waals surface area contributed by atoms with Gasteiger partial charge in [-0.25, -0.2) is 4.79 Å². The number of carbonyl (C=O) groups excluding carboxylic acids is 1. The number of alkyl carbamates (subject to hydrolysis) is 1. The van der Waals surface area contributed by atoms with E-state index < -0.39 is 11.7 Å². The lowest BCUT2D eigenvalue weighted by molar-refractivity contribution is 0.0503. The Hall–Kier alpha value is -1.55. The SMILES string of the molecule is CNC[C@@H](NC(=O)OC(C)(C)C)c1ccccc1. The summed E-state index contributed by atoms with van der Waals surface area (Å²) in [6.07, 6.45) is -0.397. The Labute approximate surface area is 109 Å². The lowest BCUT2D eigenvalue weighted by Crippen LogP contribution is -2.38. The summed E-state index contributed by atoms with van der Waals surface area (Å²) in [7, 11) is 1.85. The van der Waals surface area contributed by atoms with Gasteiger partial charge in [-0.05, 0) is 33.4 Å². The quantitative estimate of drug-likeness (QED) is 0.863.